The monoisotopic (exact) mass is 218 g/mol. The third-order valence-electron chi connectivity index (χ3n) is 1.83. The maximum atomic E-state index is 10.9. The van der Waals surface area contributed by atoms with Crippen LogP contribution in [0.4, 0.5) is 0 Å². The molecular formula is C10H22N2O3. The summed E-state index contributed by atoms with van der Waals surface area (Å²) < 4.78 is 10.7. The number of carbonyl (C=O) groups is 1. The average Bonchev–Trinajstić information content (AvgIpc) is 2.24. The molecule has 15 heavy (non-hydrogen) atoms. The summed E-state index contributed by atoms with van der Waals surface area (Å²) in [5.41, 5.74) is 0. The van der Waals surface area contributed by atoms with E-state index in [1.165, 1.54) is 0 Å². The molecule has 5 heteroatoms. The van der Waals surface area contributed by atoms with Gasteiger partial charge in [0.15, 0.2) is 6.29 Å². The van der Waals surface area contributed by atoms with E-state index >= 15 is 0 Å². The van der Waals surface area contributed by atoms with Crippen molar-refractivity contribution in [2.24, 2.45) is 0 Å². The number of likely N-dealkylation sites (N-methyl/N-ethyl adjacent to an activating group) is 1. The quantitative estimate of drug-likeness (QED) is 0.426. The van der Waals surface area contributed by atoms with E-state index in [9.17, 15) is 4.79 Å². The molecule has 0 aliphatic carbocycles. The van der Waals surface area contributed by atoms with Gasteiger partial charge in [-0.05, 0) is 13.8 Å². The van der Waals surface area contributed by atoms with Gasteiger partial charge in [0.2, 0.25) is 5.91 Å². The lowest BCUT2D eigenvalue weighted by Crippen LogP contribution is -2.33. The zero-order valence-electron chi connectivity index (χ0n) is 9.84. The predicted octanol–water partition coefficient (Wildman–Crippen LogP) is 0.111. The number of carbonyl (C=O) groups excluding carboxylic acids is 1. The fourth-order valence-electron chi connectivity index (χ4n) is 1.10. The first-order chi connectivity index (χ1) is 7.24. The molecule has 0 atom stereocenters. The van der Waals surface area contributed by atoms with E-state index < -0.39 is 0 Å². The molecule has 1 amide bonds. The predicted molar refractivity (Wildman–Crippen MR) is 58.6 cm³/mol. The Kier molecular flexibility index (Phi) is 9.46. The zero-order chi connectivity index (χ0) is 11.5. The zero-order valence-corrected chi connectivity index (χ0v) is 9.84. The van der Waals surface area contributed by atoms with Crippen molar-refractivity contribution in [3.63, 3.8) is 0 Å². The fourth-order valence-corrected chi connectivity index (χ4v) is 1.10. The van der Waals surface area contributed by atoms with Crippen LogP contribution in [0.25, 0.3) is 0 Å². The SMILES string of the molecule is CCOC(CCNCC(=O)NC)OCC. The van der Waals surface area contributed by atoms with Crippen LogP contribution in [0, 0.1) is 0 Å². The standard InChI is InChI=1S/C10H22N2O3/c1-4-14-10(15-5-2)6-7-12-8-9(13)11-3/h10,12H,4-8H2,1-3H3,(H,11,13). The number of ether oxygens (including phenoxy) is 2. The van der Waals surface area contributed by atoms with E-state index in [-0.39, 0.29) is 12.2 Å². The first kappa shape index (κ1) is 14.3. The van der Waals surface area contributed by atoms with Crippen molar-refractivity contribution in [2.45, 2.75) is 26.6 Å². The third kappa shape index (κ3) is 8.35. The fraction of sp³-hybridized carbons (Fsp3) is 0.900. The van der Waals surface area contributed by atoms with Gasteiger partial charge in [-0.15, -0.1) is 0 Å². The molecule has 0 aliphatic heterocycles. The molecule has 0 aromatic heterocycles. The number of rotatable bonds is 9. The number of hydrogen-bond acceptors (Lipinski definition) is 4. The van der Waals surface area contributed by atoms with Gasteiger partial charge in [-0.2, -0.15) is 0 Å². The smallest absolute Gasteiger partial charge is 0.233 e. The van der Waals surface area contributed by atoms with E-state index in [1.54, 1.807) is 7.05 Å². The minimum absolute atomic E-state index is 0.0145. The summed E-state index contributed by atoms with van der Waals surface area (Å²) in [6, 6.07) is 0. The minimum Gasteiger partial charge on any atom is -0.358 e. The Hall–Kier alpha value is -0.650. The summed E-state index contributed by atoms with van der Waals surface area (Å²) in [4.78, 5) is 10.9. The summed E-state index contributed by atoms with van der Waals surface area (Å²) in [7, 11) is 1.62. The van der Waals surface area contributed by atoms with Gasteiger partial charge in [0.25, 0.3) is 0 Å². The normalized spacial score (nSPS) is 10.7. The van der Waals surface area contributed by atoms with Gasteiger partial charge in [0.05, 0.1) is 6.54 Å². The average molecular weight is 218 g/mol. The van der Waals surface area contributed by atoms with Crippen LogP contribution in [-0.4, -0.2) is 45.5 Å². The van der Waals surface area contributed by atoms with E-state index in [4.69, 9.17) is 9.47 Å². The summed E-state index contributed by atoms with van der Waals surface area (Å²) >= 11 is 0. The van der Waals surface area contributed by atoms with Gasteiger partial charge in [-0.1, -0.05) is 0 Å². The lowest BCUT2D eigenvalue weighted by molar-refractivity contribution is -0.139. The van der Waals surface area contributed by atoms with Gasteiger partial charge in [-0.25, -0.2) is 0 Å². The van der Waals surface area contributed by atoms with Crippen LogP contribution in [0.3, 0.4) is 0 Å². The maximum Gasteiger partial charge on any atom is 0.233 e. The van der Waals surface area contributed by atoms with Gasteiger partial charge in [0.1, 0.15) is 0 Å². The van der Waals surface area contributed by atoms with Crippen molar-refractivity contribution in [2.75, 3.05) is 33.4 Å². The Balaban J connectivity index is 3.48. The topological polar surface area (TPSA) is 59.6 Å². The van der Waals surface area contributed by atoms with E-state index in [2.05, 4.69) is 10.6 Å². The number of amides is 1. The van der Waals surface area contributed by atoms with Crippen LogP contribution >= 0.6 is 0 Å². The van der Waals surface area contributed by atoms with Crippen molar-refractivity contribution < 1.29 is 14.3 Å². The lowest BCUT2D eigenvalue weighted by atomic mass is 10.4. The van der Waals surface area contributed by atoms with Gasteiger partial charge >= 0.3 is 0 Å². The Morgan fingerprint density at radius 2 is 1.87 bits per heavy atom. The Morgan fingerprint density at radius 3 is 2.33 bits per heavy atom. The first-order valence-electron chi connectivity index (χ1n) is 5.39. The third-order valence-corrected chi connectivity index (χ3v) is 1.83. The van der Waals surface area contributed by atoms with Crippen LogP contribution in [0.2, 0.25) is 0 Å². The van der Waals surface area contributed by atoms with Crippen LogP contribution in [0.1, 0.15) is 20.3 Å². The molecule has 0 aliphatic rings. The highest BCUT2D eigenvalue weighted by atomic mass is 16.7. The van der Waals surface area contributed by atoms with E-state index in [0.717, 1.165) is 6.42 Å². The lowest BCUT2D eigenvalue weighted by Gasteiger charge is -2.16. The van der Waals surface area contributed by atoms with Crippen LogP contribution in [0.15, 0.2) is 0 Å². The summed E-state index contributed by atoms with van der Waals surface area (Å²) in [6.07, 6.45) is 0.579. The van der Waals surface area contributed by atoms with Gasteiger partial charge < -0.3 is 20.1 Å². The van der Waals surface area contributed by atoms with Crippen molar-refractivity contribution in [1.29, 1.82) is 0 Å². The Bertz CT molecular complexity index is 159. The molecular weight excluding hydrogens is 196 g/mol. The van der Waals surface area contributed by atoms with E-state index in [0.29, 0.717) is 26.3 Å². The number of nitrogens with one attached hydrogen (secondary N) is 2. The van der Waals surface area contributed by atoms with Gasteiger partial charge in [-0.3, -0.25) is 4.79 Å². The molecule has 0 aromatic rings. The Labute approximate surface area is 91.5 Å². The molecule has 0 fully saturated rings. The molecule has 0 spiro atoms. The molecule has 0 bridgehead atoms. The molecule has 90 valence electrons. The maximum absolute atomic E-state index is 10.9. The molecule has 0 heterocycles. The summed E-state index contributed by atoms with van der Waals surface area (Å²) in [6.45, 7) is 6.19. The van der Waals surface area contributed by atoms with Crippen LogP contribution in [0.5, 0.6) is 0 Å². The van der Waals surface area contributed by atoms with Crippen molar-refractivity contribution >= 4 is 5.91 Å². The van der Waals surface area contributed by atoms with Crippen molar-refractivity contribution in [1.82, 2.24) is 10.6 Å². The molecule has 0 unspecified atom stereocenters. The second-order valence-electron chi connectivity index (χ2n) is 2.98. The molecule has 0 saturated carbocycles. The molecule has 0 aromatic carbocycles. The number of hydrogen-bond donors (Lipinski definition) is 2. The molecule has 2 N–H and O–H groups in total. The largest absolute Gasteiger partial charge is 0.358 e. The summed E-state index contributed by atoms with van der Waals surface area (Å²) in [5.74, 6) is -0.0145. The van der Waals surface area contributed by atoms with E-state index in [1.807, 2.05) is 13.8 Å². The molecule has 0 rings (SSSR count). The first-order valence-corrected chi connectivity index (χ1v) is 5.39. The molecule has 0 saturated heterocycles. The van der Waals surface area contributed by atoms with Crippen molar-refractivity contribution in [3.05, 3.63) is 0 Å². The summed E-state index contributed by atoms with van der Waals surface area (Å²) in [5, 5.41) is 5.55. The highest BCUT2D eigenvalue weighted by Gasteiger charge is 2.07. The second kappa shape index (κ2) is 9.89. The van der Waals surface area contributed by atoms with Crippen molar-refractivity contribution in [3.8, 4) is 0 Å². The molecule has 5 nitrogen and oxygen atoms in total. The van der Waals surface area contributed by atoms with Crippen LogP contribution in [-0.2, 0) is 14.3 Å². The highest BCUT2D eigenvalue weighted by molar-refractivity contribution is 5.77. The van der Waals surface area contributed by atoms with Crippen LogP contribution < -0.4 is 10.6 Å². The minimum atomic E-state index is -0.169. The Morgan fingerprint density at radius 1 is 1.27 bits per heavy atom. The second-order valence-corrected chi connectivity index (χ2v) is 2.98. The van der Waals surface area contributed by atoms with Gasteiger partial charge in [0, 0.05) is 33.2 Å². The molecule has 0 radical (unpaired) electrons. The highest BCUT2D eigenvalue weighted by Crippen LogP contribution is 1.99.